The smallest absolute Gasteiger partial charge is 0.263 e. The first-order valence-electron chi connectivity index (χ1n) is 11.5. The number of hydrogen-bond donors (Lipinski definition) is 3. The minimum absolute atomic E-state index is 0.0298. The number of carbonyl (C=O) groups excluding carboxylic acids is 2. The van der Waals surface area contributed by atoms with Gasteiger partial charge >= 0.3 is 0 Å². The van der Waals surface area contributed by atoms with Gasteiger partial charge in [0.1, 0.15) is 11.6 Å². The Morgan fingerprint density at radius 2 is 1.97 bits per heavy atom. The molecule has 1 saturated heterocycles. The van der Waals surface area contributed by atoms with Gasteiger partial charge in [0.05, 0.1) is 5.69 Å². The van der Waals surface area contributed by atoms with E-state index >= 15 is 0 Å². The number of ether oxygens (including phenoxy) is 1. The van der Waals surface area contributed by atoms with Crippen LogP contribution in [0.1, 0.15) is 51.0 Å². The van der Waals surface area contributed by atoms with E-state index in [1.54, 1.807) is 4.68 Å². The van der Waals surface area contributed by atoms with E-state index in [2.05, 4.69) is 29.8 Å². The van der Waals surface area contributed by atoms with E-state index in [4.69, 9.17) is 9.84 Å². The molecule has 2 unspecified atom stereocenters. The van der Waals surface area contributed by atoms with Crippen LogP contribution in [0.3, 0.4) is 0 Å². The van der Waals surface area contributed by atoms with Crippen LogP contribution in [-0.2, 0) is 9.59 Å². The van der Waals surface area contributed by atoms with Crippen LogP contribution in [0.2, 0.25) is 0 Å². The molecular weight excluding hydrogens is 418 g/mol. The van der Waals surface area contributed by atoms with Crippen LogP contribution in [0.4, 0.5) is 5.82 Å². The van der Waals surface area contributed by atoms with Gasteiger partial charge in [-0.05, 0) is 41.7 Å². The minimum atomic E-state index is -0.511. The van der Waals surface area contributed by atoms with Crippen molar-refractivity contribution in [3.8, 4) is 5.75 Å². The minimum Gasteiger partial charge on any atom is -0.484 e. The lowest BCUT2D eigenvalue weighted by Crippen LogP contribution is -2.55. The number of hydrogen-bond acceptors (Lipinski definition) is 5. The lowest BCUT2D eigenvalue weighted by molar-refractivity contribution is -0.126. The molecular formula is C25H29N5O3. The quantitative estimate of drug-likeness (QED) is 0.515. The summed E-state index contributed by atoms with van der Waals surface area (Å²) in [5, 5.41) is 16.2. The predicted molar refractivity (Wildman–Crippen MR) is 126 cm³/mol. The molecule has 2 heterocycles. The Bertz CT molecular complexity index is 1180. The average Bonchev–Trinajstić information content (AvgIpc) is 3.57. The molecule has 0 spiro atoms. The Hall–Kier alpha value is -3.39. The Balaban J connectivity index is 1.30. The van der Waals surface area contributed by atoms with Gasteiger partial charge in [0.25, 0.3) is 5.91 Å². The number of aromatic nitrogens is 2. The van der Waals surface area contributed by atoms with Crippen molar-refractivity contribution in [3.63, 3.8) is 0 Å². The van der Waals surface area contributed by atoms with E-state index in [9.17, 15) is 9.59 Å². The largest absolute Gasteiger partial charge is 0.484 e. The molecule has 1 aliphatic heterocycles. The van der Waals surface area contributed by atoms with Crippen molar-refractivity contribution in [2.75, 3.05) is 11.9 Å². The Morgan fingerprint density at radius 3 is 2.73 bits per heavy atom. The molecule has 2 amide bonds. The highest BCUT2D eigenvalue weighted by Gasteiger charge is 2.33. The molecule has 5 rings (SSSR count). The molecule has 8 nitrogen and oxygen atoms in total. The third-order valence-corrected chi connectivity index (χ3v) is 6.23. The van der Waals surface area contributed by atoms with E-state index in [0.29, 0.717) is 29.8 Å². The van der Waals surface area contributed by atoms with E-state index in [0.717, 1.165) is 29.3 Å². The third kappa shape index (κ3) is 4.85. The second kappa shape index (κ2) is 8.86. The van der Waals surface area contributed by atoms with Gasteiger partial charge < -0.3 is 15.4 Å². The molecule has 3 aromatic rings. The zero-order valence-corrected chi connectivity index (χ0v) is 18.9. The summed E-state index contributed by atoms with van der Waals surface area (Å²) >= 11 is 0. The molecule has 3 N–H and O–H groups in total. The predicted octanol–water partition coefficient (Wildman–Crippen LogP) is 3.52. The van der Waals surface area contributed by atoms with E-state index in [-0.39, 0.29) is 24.5 Å². The number of amides is 2. The fourth-order valence-corrected chi connectivity index (χ4v) is 4.14. The van der Waals surface area contributed by atoms with Crippen LogP contribution in [0, 0.1) is 5.92 Å². The van der Waals surface area contributed by atoms with E-state index in [1.807, 2.05) is 48.5 Å². The molecule has 33 heavy (non-hydrogen) atoms. The fourth-order valence-electron chi connectivity index (χ4n) is 4.14. The van der Waals surface area contributed by atoms with Gasteiger partial charge in [0.2, 0.25) is 5.91 Å². The van der Waals surface area contributed by atoms with Crippen LogP contribution >= 0.6 is 0 Å². The van der Waals surface area contributed by atoms with Gasteiger partial charge in [0, 0.05) is 24.4 Å². The number of anilines is 1. The summed E-state index contributed by atoms with van der Waals surface area (Å²) in [6.07, 6.45) is 2.10. The first-order valence-corrected chi connectivity index (χ1v) is 11.5. The first-order chi connectivity index (χ1) is 16.0. The van der Waals surface area contributed by atoms with E-state index < -0.39 is 6.29 Å². The van der Waals surface area contributed by atoms with Crippen molar-refractivity contribution in [1.29, 1.82) is 0 Å². The molecule has 2 aromatic carbocycles. The summed E-state index contributed by atoms with van der Waals surface area (Å²) in [5.41, 5.74) is 0.934. The topological polar surface area (TPSA) is 97.3 Å². The number of rotatable bonds is 7. The number of nitrogens with one attached hydrogen (secondary N) is 3. The zero-order chi connectivity index (χ0) is 22.9. The Kier molecular flexibility index (Phi) is 5.76. The second-order valence-corrected chi connectivity index (χ2v) is 9.21. The zero-order valence-electron chi connectivity index (χ0n) is 18.9. The van der Waals surface area contributed by atoms with Crippen LogP contribution in [0.15, 0.2) is 48.5 Å². The first kappa shape index (κ1) is 21.5. The molecule has 8 heteroatoms. The number of fused-ring (bicyclic) bond motifs is 1. The normalized spacial score (nSPS) is 20.6. The maximum absolute atomic E-state index is 12.7. The van der Waals surface area contributed by atoms with Crippen LogP contribution in [-0.4, -0.2) is 34.2 Å². The van der Waals surface area contributed by atoms with Crippen LogP contribution < -0.4 is 20.7 Å². The molecule has 2 atom stereocenters. The third-order valence-electron chi connectivity index (χ3n) is 6.23. The van der Waals surface area contributed by atoms with Gasteiger partial charge in [-0.25, -0.2) is 4.68 Å². The van der Waals surface area contributed by atoms with E-state index in [1.165, 1.54) is 0 Å². The summed E-state index contributed by atoms with van der Waals surface area (Å²) in [6.45, 7) is 4.04. The molecule has 0 bridgehead atoms. The highest BCUT2D eigenvalue weighted by Crippen LogP contribution is 2.40. The Morgan fingerprint density at radius 1 is 1.18 bits per heavy atom. The average molecular weight is 448 g/mol. The number of nitrogens with zero attached hydrogens (tertiary/aromatic N) is 2. The summed E-state index contributed by atoms with van der Waals surface area (Å²) in [4.78, 5) is 25.0. The van der Waals surface area contributed by atoms with Crippen molar-refractivity contribution in [2.24, 2.45) is 5.92 Å². The van der Waals surface area contributed by atoms with Gasteiger partial charge in [-0.3, -0.25) is 14.9 Å². The summed E-state index contributed by atoms with van der Waals surface area (Å²) in [7, 11) is 0. The van der Waals surface area contributed by atoms with Crippen molar-refractivity contribution in [1.82, 2.24) is 20.4 Å². The lowest BCUT2D eigenvalue weighted by atomic mass is 9.99. The highest BCUT2D eigenvalue weighted by atomic mass is 16.5. The SMILES string of the molecule is CC(C)C1CC(=O)NC(n2nc(C3CC3)cc2NC(=O)COc2ccc3ccccc3c2)N1. The highest BCUT2D eigenvalue weighted by molar-refractivity contribution is 5.91. The molecule has 1 aliphatic carbocycles. The maximum atomic E-state index is 12.7. The Labute approximate surface area is 192 Å². The number of carbonyl (C=O) groups is 2. The van der Waals surface area contributed by atoms with Crippen molar-refractivity contribution < 1.29 is 14.3 Å². The van der Waals surface area contributed by atoms with Crippen molar-refractivity contribution in [3.05, 3.63) is 54.2 Å². The molecule has 0 radical (unpaired) electrons. The second-order valence-electron chi connectivity index (χ2n) is 9.21. The molecule has 1 saturated carbocycles. The molecule has 1 aromatic heterocycles. The summed E-state index contributed by atoms with van der Waals surface area (Å²) < 4.78 is 7.41. The molecule has 2 aliphatic rings. The van der Waals surface area contributed by atoms with Gasteiger partial charge in [-0.2, -0.15) is 5.10 Å². The van der Waals surface area contributed by atoms with Gasteiger partial charge in [-0.15, -0.1) is 0 Å². The summed E-state index contributed by atoms with van der Waals surface area (Å²) in [6, 6.07) is 15.7. The van der Waals surface area contributed by atoms with Crippen molar-refractivity contribution >= 4 is 28.4 Å². The summed E-state index contributed by atoms with van der Waals surface area (Å²) in [5.74, 6) is 1.58. The standard InChI is InChI=1S/C25H29N5O3/c1-15(2)20-13-23(31)28-25(26-20)30-22(12-21(29-30)17-7-8-17)27-24(32)14-33-19-10-9-16-5-3-4-6-18(16)11-19/h3-6,9-12,15,17,20,25-26H,7-8,13-14H2,1-2H3,(H,27,32)(H,28,31). The number of benzene rings is 2. The lowest BCUT2D eigenvalue weighted by Gasteiger charge is -2.34. The van der Waals surface area contributed by atoms with Gasteiger partial charge in [0.15, 0.2) is 12.9 Å². The van der Waals surface area contributed by atoms with Gasteiger partial charge in [-0.1, -0.05) is 44.2 Å². The van der Waals surface area contributed by atoms with Crippen LogP contribution in [0.5, 0.6) is 5.75 Å². The monoisotopic (exact) mass is 447 g/mol. The fraction of sp³-hybridized carbons (Fsp3) is 0.400. The molecule has 2 fully saturated rings. The van der Waals surface area contributed by atoms with Crippen LogP contribution in [0.25, 0.3) is 10.8 Å². The maximum Gasteiger partial charge on any atom is 0.263 e. The van der Waals surface area contributed by atoms with Crippen molar-refractivity contribution in [2.45, 2.75) is 51.4 Å². The molecule has 172 valence electrons.